The van der Waals surface area contributed by atoms with E-state index in [9.17, 15) is 32.6 Å². The Balaban J connectivity index is 2.85. The molecular weight excluding hydrogens is 334 g/mol. The van der Waals surface area contributed by atoms with E-state index >= 15 is 0 Å². The van der Waals surface area contributed by atoms with Crippen molar-refractivity contribution in [1.82, 2.24) is 5.32 Å². The minimum Gasteiger partial charge on any atom is -0.444 e. The molecule has 2 unspecified atom stereocenters. The third-order valence-electron chi connectivity index (χ3n) is 2.86. The molecular formula is C15H19F4NO4. The molecule has 0 fully saturated rings. The number of carbonyl (C=O) groups excluding carboxylic acids is 1. The molecule has 9 heteroatoms. The Morgan fingerprint density at radius 1 is 1.25 bits per heavy atom. The molecule has 1 aromatic carbocycles. The number of aliphatic hydroxyl groups is 2. The van der Waals surface area contributed by atoms with E-state index in [2.05, 4.69) is 5.32 Å². The first-order valence-electron chi connectivity index (χ1n) is 7.01. The predicted molar refractivity (Wildman–Crippen MR) is 76.6 cm³/mol. The average molecular weight is 353 g/mol. The minimum atomic E-state index is -4.83. The van der Waals surface area contributed by atoms with Crippen molar-refractivity contribution in [2.75, 3.05) is 6.54 Å². The van der Waals surface area contributed by atoms with Gasteiger partial charge < -0.3 is 20.3 Å². The smallest absolute Gasteiger partial charge is 0.416 e. The largest absolute Gasteiger partial charge is 0.444 e. The summed E-state index contributed by atoms with van der Waals surface area (Å²) in [6.45, 7) is 4.21. The molecule has 0 heterocycles. The molecule has 0 saturated heterocycles. The molecule has 0 aromatic heterocycles. The van der Waals surface area contributed by atoms with Crippen LogP contribution in [0.2, 0.25) is 0 Å². The normalized spacial score (nSPS) is 14.9. The molecule has 24 heavy (non-hydrogen) atoms. The van der Waals surface area contributed by atoms with Crippen LogP contribution in [0.1, 0.15) is 38.0 Å². The lowest BCUT2D eigenvalue weighted by Crippen LogP contribution is -2.39. The maximum atomic E-state index is 13.2. The van der Waals surface area contributed by atoms with E-state index in [1.807, 2.05) is 0 Å². The average Bonchev–Trinajstić information content (AvgIpc) is 2.40. The Hall–Kier alpha value is -1.87. The molecule has 2 atom stereocenters. The number of hydrogen-bond donors (Lipinski definition) is 3. The van der Waals surface area contributed by atoms with Crippen molar-refractivity contribution in [2.45, 2.75) is 44.8 Å². The lowest BCUT2D eigenvalue weighted by Gasteiger charge is -2.23. The second-order valence-corrected chi connectivity index (χ2v) is 6.12. The number of rotatable bonds is 4. The van der Waals surface area contributed by atoms with Gasteiger partial charge in [0.25, 0.3) is 0 Å². The van der Waals surface area contributed by atoms with Gasteiger partial charge in [-0.15, -0.1) is 0 Å². The van der Waals surface area contributed by atoms with Crippen LogP contribution >= 0.6 is 0 Å². The second kappa shape index (κ2) is 7.35. The Bertz CT molecular complexity index is 584. The number of aliphatic hydroxyl groups excluding tert-OH is 2. The molecule has 1 rings (SSSR count). The number of alkyl carbamates (subject to hydrolysis) is 1. The number of nitrogens with one attached hydrogen (secondary N) is 1. The highest BCUT2D eigenvalue weighted by Crippen LogP contribution is 2.35. The van der Waals surface area contributed by atoms with E-state index in [1.165, 1.54) is 0 Å². The fraction of sp³-hybridized carbons (Fsp3) is 0.533. The van der Waals surface area contributed by atoms with E-state index in [1.54, 1.807) is 20.8 Å². The van der Waals surface area contributed by atoms with Gasteiger partial charge in [0, 0.05) is 6.54 Å². The number of ether oxygens (including phenoxy) is 1. The summed E-state index contributed by atoms with van der Waals surface area (Å²) in [6.07, 6.45) is -9.58. The maximum absolute atomic E-state index is 13.2. The zero-order valence-electron chi connectivity index (χ0n) is 13.3. The third kappa shape index (κ3) is 5.97. The third-order valence-corrected chi connectivity index (χ3v) is 2.86. The van der Waals surface area contributed by atoms with Crippen LogP contribution in [0.15, 0.2) is 18.2 Å². The Morgan fingerprint density at radius 3 is 2.33 bits per heavy atom. The van der Waals surface area contributed by atoms with Gasteiger partial charge in [0.2, 0.25) is 0 Å². The fourth-order valence-corrected chi connectivity index (χ4v) is 1.86. The van der Waals surface area contributed by atoms with E-state index < -0.39 is 53.6 Å². The molecule has 136 valence electrons. The molecule has 0 aliphatic heterocycles. The first-order valence-corrected chi connectivity index (χ1v) is 7.01. The van der Waals surface area contributed by atoms with Crippen molar-refractivity contribution in [2.24, 2.45) is 0 Å². The van der Waals surface area contributed by atoms with Gasteiger partial charge in [0.15, 0.2) is 0 Å². The summed E-state index contributed by atoms with van der Waals surface area (Å²) in [5.74, 6) is -0.996. The van der Waals surface area contributed by atoms with Crippen LogP contribution in [0.5, 0.6) is 0 Å². The summed E-state index contributed by atoms with van der Waals surface area (Å²) < 4.78 is 56.8. The van der Waals surface area contributed by atoms with Crippen LogP contribution in [0, 0.1) is 5.82 Å². The van der Waals surface area contributed by atoms with Gasteiger partial charge >= 0.3 is 12.3 Å². The van der Waals surface area contributed by atoms with Gasteiger partial charge in [-0.3, -0.25) is 0 Å². The van der Waals surface area contributed by atoms with E-state index in [0.29, 0.717) is 18.2 Å². The van der Waals surface area contributed by atoms with Gasteiger partial charge in [0.1, 0.15) is 23.6 Å². The van der Waals surface area contributed by atoms with Crippen molar-refractivity contribution in [3.63, 3.8) is 0 Å². The van der Waals surface area contributed by atoms with Crippen LogP contribution in [-0.4, -0.2) is 34.6 Å². The van der Waals surface area contributed by atoms with Crippen molar-refractivity contribution in [1.29, 1.82) is 0 Å². The molecule has 0 bridgehead atoms. The molecule has 0 aliphatic carbocycles. The highest BCUT2D eigenvalue weighted by Gasteiger charge is 2.36. The van der Waals surface area contributed by atoms with Crippen LogP contribution < -0.4 is 5.32 Å². The van der Waals surface area contributed by atoms with E-state index in [-0.39, 0.29) is 0 Å². The molecule has 0 aliphatic rings. The molecule has 1 amide bonds. The number of benzene rings is 1. The lowest BCUT2D eigenvalue weighted by atomic mass is 9.98. The molecule has 5 nitrogen and oxygen atoms in total. The maximum Gasteiger partial charge on any atom is 0.416 e. The van der Waals surface area contributed by atoms with Gasteiger partial charge in [-0.05, 0) is 44.5 Å². The van der Waals surface area contributed by atoms with Crippen LogP contribution in [0.25, 0.3) is 0 Å². The summed E-state index contributed by atoms with van der Waals surface area (Å²) in [7, 11) is 0. The minimum absolute atomic E-state index is 0.474. The van der Waals surface area contributed by atoms with Gasteiger partial charge in [0.05, 0.1) is 5.56 Å². The van der Waals surface area contributed by atoms with Crippen molar-refractivity contribution < 1.29 is 37.3 Å². The number of halogens is 4. The Morgan fingerprint density at radius 2 is 1.83 bits per heavy atom. The van der Waals surface area contributed by atoms with Crippen LogP contribution in [-0.2, 0) is 10.9 Å². The highest BCUT2D eigenvalue weighted by molar-refractivity contribution is 5.67. The number of carbonyl (C=O) groups is 1. The highest BCUT2D eigenvalue weighted by atomic mass is 19.4. The Labute approximate surface area is 136 Å². The number of alkyl halides is 3. The molecule has 0 spiro atoms. The van der Waals surface area contributed by atoms with Crippen LogP contribution in [0.3, 0.4) is 0 Å². The summed E-state index contributed by atoms with van der Waals surface area (Å²) in [5.41, 5.74) is -2.90. The predicted octanol–water partition coefficient (Wildman–Crippen LogP) is 2.76. The van der Waals surface area contributed by atoms with Gasteiger partial charge in [-0.1, -0.05) is 0 Å². The second-order valence-electron chi connectivity index (χ2n) is 6.12. The standard InChI is InChI=1S/C15H19F4NO4/c1-14(2,3)24-13(23)20-7-11(21)12(22)9-6-8(16)4-5-10(9)15(17,18)19/h4-6,11-12,21-22H,7H2,1-3H3,(H,20,23). The van der Waals surface area contributed by atoms with E-state index in [4.69, 9.17) is 4.74 Å². The summed E-state index contributed by atoms with van der Waals surface area (Å²) in [5, 5.41) is 21.8. The van der Waals surface area contributed by atoms with E-state index in [0.717, 1.165) is 0 Å². The summed E-state index contributed by atoms with van der Waals surface area (Å²) in [4.78, 5) is 11.4. The Kier molecular flexibility index (Phi) is 6.18. The number of amides is 1. The number of hydrogen-bond acceptors (Lipinski definition) is 4. The van der Waals surface area contributed by atoms with Gasteiger partial charge in [-0.25, -0.2) is 9.18 Å². The molecule has 0 saturated carbocycles. The topological polar surface area (TPSA) is 78.8 Å². The SMILES string of the molecule is CC(C)(C)OC(=O)NCC(O)C(O)c1cc(F)ccc1C(F)(F)F. The molecule has 0 radical (unpaired) electrons. The van der Waals surface area contributed by atoms with Crippen molar-refractivity contribution in [3.05, 3.63) is 35.1 Å². The lowest BCUT2D eigenvalue weighted by molar-refractivity contribution is -0.140. The van der Waals surface area contributed by atoms with Crippen LogP contribution in [0.4, 0.5) is 22.4 Å². The van der Waals surface area contributed by atoms with Crippen molar-refractivity contribution >= 4 is 6.09 Å². The van der Waals surface area contributed by atoms with Crippen molar-refractivity contribution in [3.8, 4) is 0 Å². The summed E-state index contributed by atoms with van der Waals surface area (Å²) >= 11 is 0. The first-order chi connectivity index (χ1) is 10.8. The fourth-order valence-electron chi connectivity index (χ4n) is 1.86. The van der Waals surface area contributed by atoms with Gasteiger partial charge in [-0.2, -0.15) is 13.2 Å². The molecule has 1 aromatic rings. The molecule has 3 N–H and O–H groups in total. The zero-order chi connectivity index (χ0) is 18.7. The zero-order valence-corrected chi connectivity index (χ0v) is 13.3. The monoisotopic (exact) mass is 353 g/mol. The first kappa shape index (κ1) is 20.2. The quantitative estimate of drug-likeness (QED) is 0.728. The summed E-state index contributed by atoms with van der Waals surface area (Å²) in [6, 6.07) is 1.57.